The van der Waals surface area contributed by atoms with Crippen molar-refractivity contribution >= 4 is 0 Å². The number of hydrogen-bond acceptors (Lipinski definition) is 3. The smallest absolute Gasteiger partial charge is 0.0717 e. The van der Waals surface area contributed by atoms with Gasteiger partial charge in [0.2, 0.25) is 0 Å². The molecule has 0 aliphatic rings. The zero-order valence-corrected chi connectivity index (χ0v) is 9.77. The van der Waals surface area contributed by atoms with Gasteiger partial charge in [-0.15, -0.1) is 0 Å². The van der Waals surface area contributed by atoms with Crippen LogP contribution in [0.5, 0.6) is 0 Å². The highest BCUT2D eigenvalue weighted by atomic mass is 16.5. The van der Waals surface area contributed by atoms with Gasteiger partial charge >= 0.3 is 0 Å². The lowest BCUT2D eigenvalue weighted by Gasteiger charge is -2.14. The highest BCUT2D eigenvalue weighted by Crippen LogP contribution is 2.07. The molecule has 0 aromatic heterocycles. The molecule has 90 valence electrons. The molecule has 0 aliphatic carbocycles. The van der Waals surface area contributed by atoms with Crippen molar-refractivity contribution in [3.8, 4) is 0 Å². The van der Waals surface area contributed by atoms with Gasteiger partial charge in [-0.25, -0.2) is 0 Å². The monoisotopic (exact) mass is 222 g/mol. The Balaban J connectivity index is 2.18. The Morgan fingerprint density at radius 3 is 2.50 bits per heavy atom. The van der Waals surface area contributed by atoms with Gasteiger partial charge in [0, 0.05) is 0 Å². The third kappa shape index (κ3) is 5.26. The summed E-state index contributed by atoms with van der Waals surface area (Å²) in [5.74, 6) is 0.437. The van der Waals surface area contributed by atoms with E-state index in [1.165, 1.54) is 5.56 Å². The lowest BCUT2D eigenvalue weighted by Crippen LogP contribution is -2.21. The topological polar surface area (TPSA) is 61.3 Å². The van der Waals surface area contributed by atoms with Crippen LogP contribution in [0.1, 0.15) is 18.4 Å². The quantitative estimate of drug-likeness (QED) is 0.701. The maximum Gasteiger partial charge on any atom is 0.0717 e. The van der Waals surface area contributed by atoms with E-state index in [4.69, 9.17) is 16.2 Å². The number of hydrogen-bond donors (Lipinski definition) is 2. The van der Waals surface area contributed by atoms with Crippen LogP contribution in [0.4, 0.5) is 0 Å². The van der Waals surface area contributed by atoms with Crippen LogP contribution in [-0.4, -0.2) is 19.7 Å². The third-order valence-corrected chi connectivity index (χ3v) is 2.61. The third-order valence-electron chi connectivity index (χ3n) is 2.61. The van der Waals surface area contributed by atoms with Gasteiger partial charge in [-0.2, -0.15) is 0 Å². The first-order valence-corrected chi connectivity index (χ1v) is 5.88. The van der Waals surface area contributed by atoms with E-state index in [1.54, 1.807) is 0 Å². The number of ether oxygens (including phenoxy) is 1. The maximum atomic E-state index is 5.67. The van der Waals surface area contributed by atoms with E-state index in [1.807, 2.05) is 18.2 Å². The Hall–Kier alpha value is -0.900. The molecule has 1 unspecified atom stereocenters. The molecule has 3 heteroatoms. The van der Waals surface area contributed by atoms with Crippen LogP contribution in [0.3, 0.4) is 0 Å². The summed E-state index contributed by atoms with van der Waals surface area (Å²) in [6, 6.07) is 10.2. The van der Waals surface area contributed by atoms with Crippen LogP contribution in [0, 0.1) is 5.92 Å². The van der Waals surface area contributed by atoms with Gasteiger partial charge in [0.1, 0.15) is 0 Å². The SMILES string of the molecule is NCCCC(CN)COCc1ccccc1. The van der Waals surface area contributed by atoms with Crippen molar-refractivity contribution in [2.75, 3.05) is 19.7 Å². The van der Waals surface area contributed by atoms with Crippen molar-refractivity contribution in [1.29, 1.82) is 0 Å². The van der Waals surface area contributed by atoms with Crippen LogP contribution in [0.15, 0.2) is 30.3 Å². The Morgan fingerprint density at radius 1 is 1.12 bits per heavy atom. The highest BCUT2D eigenvalue weighted by Gasteiger charge is 2.06. The molecule has 0 amide bonds. The van der Waals surface area contributed by atoms with Gasteiger partial charge in [0.25, 0.3) is 0 Å². The Kier molecular flexibility index (Phi) is 6.81. The largest absolute Gasteiger partial charge is 0.376 e. The molecule has 1 aromatic rings. The van der Waals surface area contributed by atoms with E-state index >= 15 is 0 Å². The highest BCUT2D eigenvalue weighted by molar-refractivity contribution is 5.13. The van der Waals surface area contributed by atoms with Crippen molar-refractivity contribution < 1.29 is 4.74 Å². The molecule has 0 bridgehead atoms. The molecule has 0 saturated carbocycles. The van der Waals surface area contributed by atoms with Crippen LogP contribution in [-0.2, 0) is 11.3 Å². The van der Waals surface area contributed by atoms with E-state index in [9.17, 15) is 0 Å². The van der Waals surface area contributed by atoms with Crippen molar-refractivity contribution in [3.63, 3.8) is 0 Å². The molecule has 1 rings (SSSR count). The molecule has 1 atom stereocenters. The minimum Gasteiger partial charge on any atom is -0.376 e. The van der Waals surface area contributed by atoms with Crippen LogP contribution in [0.2, 0.25) is 0 Å². The summed E-state index contributed by atoms with van der Waals surface area (Å²) in [5.41, 5.74) is 12.3. The minimum atomic E-state index is 0.437. The van der Waals surface area contributed by atoms with Crippen LogP contribution in [0.25, 0.3) is 0 Å². The predicted octanol–water partition coefficient (Wildman–Crippen LogP) is 1.52. The van der Waals surface area contributed by atoms with E-state index in [0.717, 1.165) is 26.0 Å². The van der Waals surface area contributed by atoms with E-state index < -0.39 is 0 Å². The molecular weight excluding hydrogens is 200 g/mol. The van der Waals surface area contributed by atoms with Crippen molar-refractivity contribution in [2.45, 2.75) is 19.4 Å². The summed E-state index contributed by atoms with van der Waals surface area (Å²) >= 11 is 0. The predicted molar refractivity (Wildman–Crippen MR) is 66.9 cm³/mol. The van der Waals surface area contributed by atoms with Crippen molar-refractivity contribution in [3.05, 3.63) is 35.9 Å². The Labute approximate surface area is 97.8 Å². The fourth-order valence-corrected chi connectivity index (χ4v) is 1.59. The fraction of sp³-hybridized carbons (Fsp3) is 0.538. The first-order valence-electron chi connectivity index (χ1n) is 5.88. The van der Waals surface area contributed by atoms with E-state index in [-0.39, 0.29) is 0 Å². The second-order valence-electron chi connectivity index (χ2n) is 4.03. The summed E-state index contributed by atoms with van der Waals surface area (Å²) in [5, 5.41) is 0. The summed E-state index contributed by atoms with van der Waals surface area (Å²) in [6.07, 6.45) is 2.08. The Bertz CT molecular complexity index is 264. The van der Waals surface area contributed by atoms with Gasteiger partial charge in [-0.1, -0.05) is 30.3 Å². The van der Waals surface area contributed by atoms with Gasteiger partial charge in [0.15, 0.2) is 0 Å². The summed E-state index contributed by atoms with van der Waals surface area (Å²) < 4.78 is 5.65. The first kappa shape index (κ1) is 13.2. The summed E-state index contributed by atoms with van der Waals surface area (Å²) in [7, 11) is 0. The standard InChI is InChI=1S/C13H22N2O/c14-8-4-7-13(9-15)11-16-10-12-5-2-1-3-6-12/h1-3,5-6,13H,4,7-11,14-15H2. The minimum absolute atomic E-state index is 0.437. The molecule has 0 saturated heterocycles. The fourth-order valence-electron chi connectivity index (χ4n) is 1.59. The van der Waals surface area contributed by atoms with Gasteiger partial charge in [-0.05, 0) is 37.4 Å². The number of nitrogens with two attached hydrogens (primary N) is 2. The summed E-state index contributed by atoms with van der Waals surface area (Å²) in [4.78, 5) is 0. The average molecular weight is 222 g/mol. The molecule has 4 N–H and O–H groups in total. The van der Waals surface area contributed by atoms with Crippen LogP contribution >= 0.6 is 0 Å². The number of benzene rings is 1. The normalized spacial score (nSPS) is 12.6. The molecule has 0 spiro atoms. The lowest BCUT2D eigenvalue weighted by atomic mass is 10.0. The molecule has 0 aliphatic heterocycles. The zero-order valence-electron chi connectivity index (χ0n) is 9.77. The zero-order chi connectivity index (χ0) is 11.6. The summed E-state index contributed by atoms with van der Waals surface area (Å²) in [6.45, 7) is 2.80. The second-order valence-corrected chi connectivity index (χ2v) is 4.03. The molecule has 0 radical (unpaired) electrons. The number of rotatable bonds is 8. The molecule has 3 nitrogen and oxygen atoms in total. The van der Waals surface area contributed by atoms with E-state index in [2.05, 4.69) is 12.1 Å². The maximum absolute atomic E-state index is 5.67. The van der Waals surface area contributed by atoms with Gasteiger partial charge < -0.3 is 16.2 Å². The van der Waals surface area contributed by atoms with Crippen molar-refractivity contribution in [2.24, 2.45) is 17.4 Å². The molecule has 16 heavy (non-hydrogen) atoms. The molecule has 0 fully saturated rings. The van der Waals surface area contributed by atoms with Gasteiger partial charge in [-0.3, -0.25) is 0 Å². The van der Waals surface area contributed by atoms with E-state index in [0.29, 0.717) is 19.1 Å². The van der Waals surface area contributed by atoms with Crippen molar-refractivity contribution in [1.82, 2.24) is 0 Å². The van der Waals surface area contributed by atoms with Crippen LogP contribution < -0.4 is 11.5 Å². The average Bonchev–Trinajstić information content (AvgIpc) is 2.35. The molecule has 1 aromatic carbocycles. The molecular formula is C13H22N2O. The lowest BCUT2D eigenvalue weighted by molar-refractivity contribution is 0.0861. The Morgan fingerprint density at radius 2 is 1.88 bits per heavy atom. The first-order chi connectivity index (χ1) is 7.86. The second kappa shape index (κ2) is 8.28. The van der Waals surface area contributed by atoms with Gasteiger partial charge in [0.05, 0.1) is 13.2 Å². The molecule has 0 heterocycles.